The number of thiophene rings is 1. The number of nitrogens with one attached hydrogen (secondary N) is 3. The van der Waals surface area contributed by atoms with Crippen LogP contribution in [0.4, 0.5) is 5.69 Å². The third-order valence-electron chi connectivity index (χ3n) is 5.09. The Labute approximate surface area is 230 Å². The summed E-state index contributed by atoms with van der Waals surface area (Å²) in [4.78, 5) is 0.761. The van der Waals surface area contributed by atoms with Gasteiger partial charge in [-0.25, -0.2) is 13.1 Å². The van der Waals surface area contributed by atoms with E-state index in [1.807, 2.05) is 36.4 Å². The topological polar surface area (TPSA) is 99.7 Å². The van der Waals surface area contributed by atoms with Crippen molar-refractivity contribution < 1.29 is 18.3 Å². The second-order valence-electron chi connectivity index (χ2n) is 7.86. The molecule has 7 nitrogen and oxygen atoms in total. The highest BCUT2D eigenvalue weighted by atomic mass is 35.5. The van der Waals surface area contributed by atoms with E-state index in [9.17, 15) is 13.5 Å². The molecule has 0 aliphatic heterocycles. The fourth-order valence-corrected chi connectivity index (χ4v) is 6.21. The molecule has 0 saturated heterocycles. The van der Waals surface area contributed by atoms with E-state index in [1.165, 1.54) is 0 Å². The number of hydrogen-bond acceptors (Lipinski definition) is 6. The van der Waals surface area contributed by atoms with Gasteiger partial charge >= 0.3 is 0 Å². The average Bonchev–Trinajstić information content (AvgIpc) is 3.37. The Morgan fingerprint density at radius 2 is 1.78 bits per heavy atom. The molecule has 4 aromatic rings. The second-order valence-corrected chi connectivity index (χ2v) is 11.8. The van der Waals surface area contributed by atoms with Crippen LogP contribution in [0.1, 0.15) is 5.56 Å². The van der Waals surface area contributed by atoms with Gasteiger partial charge in [0, 0.05) is 34.2 Å². The number of rotatable bonds is 10. The molecule has 0 spiro atoms. The molecule has 0 saturated carbocycles. The van der Waals surface area contributed by atoms with Crippen LogP contribution >= 0.6 is 35.2 Å². The van der Waals surface area contributed by atoms with Gasteiger partial charge in [-0.3, -0.25) is 0 Å². The summed E-state index contributed by atoms with van der Waals surface area (Å²) >= 11 is 12.4. The number of thiocarbonyl (C=S) groups is 1. The summed E-state index contributed by atoms with van der Waals surface area (Å²) in [6.45, 7) is 0.719. The molecule has 3 aromatic carbocycles. The van der Waals surface area contributed by atoms with Crippen LogP contribution < -0.4 is 20.1 Å². The molecule has 0 aliphatic carbocycles. The van der Waals surface area contributed by atoms with Gasteiger partial charge < -0.3 is 20.5 Å². The fraction of sp³-hybridized carbons (Fsp3) is 0.115. The van der Waals surface area contributed by atoms with Gasteiger partial charge in [-0.05, 0) is 72.4 Å². The van der Waals surface area contributed by atoms with Gasteiger partial charge in [0.15, 0.2) is 5.11 Å². The number of ether oxygens (including phenoxy) is 1. The molecule has 11 heteroatoms. The molecule has 0 unspecified atom stereocenters. The molecule has 192 valence electrons. The van der Waals surface area contributed by atoms with Gasteiger partial charge in [-0.2, -0.15) is 0 Å². The summed E-state index contributed by atoms with van der Waals surface area (Å²) in [7, 11) is -3.70. The van der Waals surface area contributed by atoms with E-state index < -0.39 is 10.0 Å². The van der Waals surface area contributed by atoms with Gasteiger partial charge in [0.2, 0.25) is 10.0 Å². The minimum atomic E-state index is -3.70. The predicted molar refractivity (Wildman–Crippen MR) is 153 cm³/mol. The second kappa shape index (κ2) is 12.4. The zero-order chi connectivity index (χ0) is 26.3. The number of phenolic OH excluding ortho intramolecular Hbond substituents is 1. The van der Waals surface area contributed by atoms with E-state index in [0.29, 0.717) is 22.4 Å². The quantitative estimate of drug-likeness (QED) is 0.144. The van der Waals surface area contributed by atoms with Gasteiger partial charge in [-0.1, -0.05) is 41.9 Å². The highest BCUT2D eigenvalue weighted by Gasteiger charge is 2.18. The van der Waals surface area contributed by atoms with Gasteiger partial charge in [-0.15, -0.1) is 11.3 Å². The smallest absolute Gasteiger partial charge is 0.250 e. The van der Waals surface area contributed by atoms with Crippen molar-refractivity contribution in [3.63, 3.8) is 0 Å². The van der Waals surface area contributed by atoms with Crippen LogP contribution in [0.5, 0.6) is 11.5 Å². The minimum absolute atomic E-state index is 0.149. The van der Waals surface area contributed by atoms with E-state index in [-0.39, 0.29) is 23.1 Å². The van der Waals surface area contributed by atoms with Crippen LogP contribution in [-0.2, 0) is 16.6 Å². The van der Waals surface area contributed by atoms with E-state index in [0.717, 1.165) is 33.0 Å². The van der Waals surface area contributed by atoms with Crippen molar-refractivity contribution in [3.8, 4) is 21.9 Å². The van der Waals surface area contributed by atoms with E-state index in [2.05, 4.69) is 15.4 Å². The molecule has 37 heavy (non-hydrogen) atoms. The summed E-state index contributed by atoms with van der Waals surface area (Å²) in [6.07, 6.45) is 0. The predicted octanol–water partition coefficient (Wildman–Crippen LogP) is 5.62. The Bertz CT molecular complexity index is 1490. The number of hydrogen-bond donors (Lipinski definition) is 4. The Kier molecular flexibility index (Phi) is 9.01. The lowest BCUT2D eigenvalue weighted by Gasteiger charge is -2.11. The Morgan fingerprint density at radius 1 is 0.973 bits per heavy atom. The van der Waals surface area contributed by atoms with Crippen LogP contribution in [0.3, 0.4) is 0 Å². The lowest BCUT2D eigenvalue weighted by atomic mass is 10.1. The number of sulfonamides is 1. The summed E-state index contributed by atoms with van der Waals surface area (Å²) in [6, 6.07) is 24.7. The number of aromatic hydroxyl groups is 1. The maximum absolute atomic E-state index is 12.8. The molecule has 1 heterocycles. The molecule has 0 bridgehead atoms. The maximum atomic E-state index is 12.8. The normalized spacial score (nSPS) is 11.2. The van der Waals surface area contributed by atoms with E-state index in [1.54, 1.807) is 48.5 Å². The average molecular weight is 574 g/mol. The van der Waals surface area contributed by atoms with Crippen LogP contribution in [-0.4, -0.2) is 31.7 Å². The van der Waals surface area contributed by atoms with Crippen molar-refractivity contribution in [2.24, 2.45) is 0 Å². The van der Waals surface area contributed by atoms with Crippen molar-refractivity contribution in [2.75, 3.05) is 18.4 Å². The summed E-state index contributed by atoms with van der Waals surface area (Å²) in [5, 5.41) is 16.6. The third-order valence-corrected chi connectivity index (χ3v) is 8.64. The van der Waals surface area contributed by atoms with Gasteiger partial charge in [0.25, 0.3) is 0 Å². The van der Waals surface area contributed by atoms with Crippen molar-refractivity contribution >= 4 is 56.0 Å². The number of anilines is 1. The summed E-state index contributed by atoms with van der Waals surface area (Å²) in [5.74, 6) is 0.791. The molecule has 0 amide bonds. The molecular formula is C26H24ClN3O4S3. The van der Waals surface area contributed by atoms with Crippen LogP contribution in [0.2, 0.25) is 5.02 Å². The van der Waals surface area contributed by atoms with Crippen molar-refractivity contribution in [1.29, 1.82) is 0 Å². The molecule has 0 radical (unpaired) electrons. The minimum Gasteiger partial charge on any atom is -0.508 e. The monoisotopic (exact) mass is 573 g/mol. The lowest BCUT2D eigenvalue weighted by molar-refractivity contribution is 0.307. The fourth-order valence-electron chi connectivity index (χ4n) is 3.39. The highest BCUT2D eigenvalue weighted by molar-refractivity contribution is 7.91. The number of para-hydroxylation sites is 1. The van der Waals surface area contributed by atoms with E-state index >= 15 is 0 Å². The zero-order valence-corrected chi connectivity index (χ0v) is 22.7. The van der Waals surface area contributed by atoms with Gasteiger partial charge in [0.05, 0.1) is 0 Å². The first-order valence-electron chi connectivity index (χ1n) is 11.2. The first-order chi connectivity index (χ1) is 17.8. The van der Waals surface area contributed by atoms with Crippen molar-refractivity contribution in [3.05, 3.63) is 95.5 Å². The Morgan fingerprint density at radius 3 is 2.59 bits per heavy atom. The molecule has 0 aliphatic rings. The van der Waals surface area contributed by atoms with Crippen LogP contribution in [0.15, 0.2) is 89.1 Å². The van der Waals surface area contributed by atoms with Crippen LogP contribution in [0, 0.1) is 0 Å². The maximum Gasteiger partial charge on any atom is 0.250 e. The third kappa shape index (κ3) is 7.67. The number of phenols is 1. The largest absolute Gasteiger partial charge is 0.508 e. The lowest BCUT2D eigenvalue weighted by Crippen LogP contribution is -2.36. The SMILES string of the molecule is O=S(=O)(NCCNC(=S)Nc1cccc(Cl)c1)c1ccc(-c2ccccc2OCc2cccc(O)c2)s1. The molecule has 4 N–H and O–H groups in total. The molecule has 0 atom stereocenters. The summed E-state index contributed by atoms with van der Waals surface area (Å²) in [5.41, 5.74) is 2.35. The first-order valence-corrected chi connectivity index (χ1v) is 14.3. The van der Waals surface area contributed by atoms with E-state index in [4.69, 9.17) is 28.6 Å². The molecule has 4 rings (SSSR count). The number of halogens is 1. The van der Waals surface area contributed by atoms with Crippen molar-refractivity contribution in [2.45, 2.75) is 10.8 Å². The molecule has 0 fully saturated rings. The highest BCUT2D eigenvalue weighted by Crippen LogP contribution is 2.36. The summed E-state index contributed by atoms with van der Waals surface area (Å²) < 4.78 is 34.4. The van der Waals surface area contributed by atoms with Crippen molar-refractivity contribution in [1.82, 2.24) is 10.0 Å². The molecular weight excluding hydrogens is 550 g/mol. The Balaban J connectivity index is 1.33. The number of benzene rings is 3. The first kappa shape index (κ1) is 26.9. The Hall–Kier alpha value is -3.15. The van der Waals surface area contributed by atoms with Crippen LogP contribution in [0.25, 0.3) is 10.4 Å². The standard InChI is InChI=1S/C26H24ClN3O4S3/c27-19-6-4-7-20(16-19)30-26(35)28-13-14-29-37(32,33)25-12-11-24(36-25)22-9-1-2-10-23(22)34-17-18-5-3-8-21(31)15-18/h1-12,15-16,29,31H,13-14,17H2,(H2,28,30,35). The zero-order valence-electron chi connectivity index (χ0n) is 19.5. The van der Waals surface area contributed by atoms with Gasteiger partial charge in [0.1, 0.15) is 22.3 Å². The molecule has 1 aromatic heterocycles.